The van der Waals surface area contributed by atoms with Crippen LogP contribution >= 0.6 is 0 Å². The number of ether oxygens (including phenoxy) is 1. The van der Waals surface area contributed by atoms with Crippen LogP contribution in [0.15, 0.2) is 59.1 Å². The molecule has 0 radical (unpaired) electrons. The third kappa shape index (κ3) is 3.25. The van der Waals surface area contributed by atoms with E-state index in [1.807, 2.05) is 6.07 Å². The molecule has 0 aliphatic heterocycles. The quantitative estimate of drug-likeness (QED) is 0.737. The summed E-state index contributed by atoms with van der Waals surface area (Å²) in [5.41, 5.74) is 2.49. The monoisotopic (exact) mass is 319 g/mol. The number of rotatable bonds is 4. The lowest BCUT2D eigenvalue weighted by atomic mass is 10.1. The highest BCUT2D eigenvalue weighted by atomic mass is 16.5. The van der Waals surface area contributed by atoms with Gasteiger partial charge in [-0.05, 0) is 36.4 Å². The topological polar surface area (TPSA) is 88.1 Å². The molecule has 0 saturated heterocycles. The molecule has 1 aromatic heterocycles. The van der Waals surface area contributed by atoms with Crippen LogP contribution in [0, 0.1) is 11.3 Å². The second-order valence-corrected chi connectivity index (χ2v) is 4.92. The third-order valence-electron chi connectivity index (χ3n) is 3.34. The number of nitriles is 1. The average molecular weight is 319 g/mol. The van der Waals surface area contributed by atoms with Crippen molar-refractivity contribution in [2.24, 2.45) is 0 Å². The SMILES string of the molecule is COC(=O)c1cccc(-c2cnc(Nc3ccc(C#N)cc3)o2)c1. The maximum atomic E-state index is 11.6. The van der Waals surface area contributed by atoms with Crippen molar-refractivity contribution in [3.05, 3.63) is 65.9 Å². The molecular weight excluding hydrogens is 306 g/mol. The number of nitrogens with zero attached hydrogens (tertiary/aromatic N) is 2. The van der Waals surface area contributed by atoms with Crippen molar-refractivity contribution in [1.82, 2.24) is 4.98 Å². The molecule has 0 bridgehead atoms. The molecule has 3 aromatic rings. The number of aromatic nitrogens is 1. The minimum Gasteiger partial charge on any atom is -0.465 e. The fourth-order valence-electron chi connectivity index (χ4n) is 2.13. The Balaban J connectivity index is 1.80. The molecule has 0 aliphatic rings. The van der Waals surface area contributed by atoms with Gasteiger partial charge in [0.15, 0.2) is 5.76 Å². The Labute approximate surface area is 138 Å². The number of nitrogens with one attached hydrogen (secondary N) is 1. The summed E-state index contributed by atoms with van der Waals surface area (Å²) in [6.45, 7) is 0. The lowest BCUT2D eigenvalue weighted by molar-refractivity contribution is 0.0601. The molecule has 0 spiro atoms. The normalized spacial score (nSPS) is 10.0. The summed E-state index contributed by atoms with van der Waals surface area (Å²) in [6.07, 6.45) is 1.57. The van der Waals surface area contributed by atoms with E-state index in [9.17, 15) is 4.79 Å². The Kier molecular flexibility index (Phi) is 4.25. The lowest BCUT2D eigenvalue weighted by Gasteiger charge is -2.02. The summed E-state index contributed by atoms with van der Waals surface area (Å²) in [5, 5.41) is 11.8. The molecule has 0 saturated carbocycles. The molecule has 1 N–H and O–H groups in total. The summed E-state index contributed by atoms with van der Waals surface area (Å²) in [4.78, 5) is 15.8. The molecule has 0 aliphatic carbocycles. The van der Waals surface area contributed by atoms with Crippen LogP contribution in [0.5, 0.6) is 0 Å². The Morgan fingerprint density at radius 3 is 2.75 bits per heavy atom. The van der Waals surface area contributed by atoms with Crippen molar-refractivity contribution < 1.29 is 13.9 Å². The van der Waals surface area contributed by atoms with E-state index in [0.717, 1.165) is 11.3 Å². The van der Waals surface area contributed by atoms with E-state index in [4.69, 9.17) is 14.4 Å². The number of anilines is 2. The number of hydrogen-bond donors (Lipinski definition) is 1. The third-order valence-corrected chi connectivity index (χ3v) is 3.34. The van der Waals surface area contributed by atoms with Crippen LogP contribution in [-0.2, 0) is 4.74 Å². The van der Waals surface area contributed by atoms with Gasteiger partial charge in [0.25, 0.3) is 6.01 Å². The molecular formula is C18H13N3O3. The first-order chi connectivity index (χ1) is 11.7. The summed E-state index contributed by atoms with van der Waals surface area (Å²) in [5.74, 6) is 0.115. The molecule has 3 rings (SSSR count). The van der Waals surface area contributed by atoms with E-state index in [-0.39, 0.29) is 0 Å². The second kappa shape index (κ2) is 6.67. The van der Waals surface area contributed by atoms with Crippen LogP contribution < -0.4 is 5.32 Å². The maximum absolute atomic E-state index is 11.6. The van der Waals surface area contributed by atoms with Crippen molar-refractivity contribution in [3.63, 3.8) is 0 Å². The van der Waals surface area contributed by atoms with Crippen LogP contribution in [0.3, 0.4) is 0 Å². The minimum absolute atomic E-state index is 0.318. The minimum atomic E-state index is -0.410. The van der Waals surface area contributed by atoms with E-state index >= 15 is 0 Å². The Morgan fingerprint density at radius 2 is 2.04 bits per heavy atom. The Morgan fingerprint density at radius 1 is 1.25 bits per heavy atom. The lowest BCUT2D eigenvalue weighted by Crippen LogP contribution is -2.00. The molecule has 24 heavy (non-hydrogen) atoms. The highest BCUT2D eigenvalue weighted by molar-refractivity contribution is 5.90. The highest BCUT2D eigenvalue weighted by Gasteiger charge is 2.10. The van der Waals surface area contributed by atoms with Gasteiger partial charge < -0.3 is 14.5 Å². The van der Waals surface area contributed by atoms with Crippen molar-refractivity contribution in [1.29, 1.82) is 5.26 Å². The molecule has 6 nitrogen and oxygen atoms in total. The second-order valence-electron chi connectivity index (χ2n) is 4.92. The fraction of sp³-hybridized carbons (Fsp3) is 0.0556. The van der Waals surface area contributed by atoms with E-state index in [1.54, 1.807) is 48.7 Å². The zero-order valence-corrected chi connectivity index (χ0v) is 12.8. The van der Waals surface area contributed by atoms with Gasteiger partial charge in [0.05, 0.1) is 30.5 Å². The molecule has 2 aromatic carbocycles. The van der Waals surface area contributed by atoms with E-state index in [2.05, 4.69) is 16.4 Å². The molecule has 0 fully saturated rings. The van der Waals surface area contributed by atoms with Crippen LogP contribution in [0.1, 0.15) is 15.9 Å². The van der Waals surface area contributed by atoms with E-state index in [1.165, 1.54) is 7.11 Å². The number of carbonyl (C=O) groups is 1. The summed E-state index contributed by atoms with van der Waals surface area (Å²) >= 11 is 0. The molecule has 0 atom stereocenters. The molecule has 0 unspecified atom stereocenters. The Bertz CT molecular complexity index is 908. The standard InChI is InChI=1S/C18H13N3O3/c1-23-17(22)14-4-2-3-13(9-14)16-11-20-18(24-16)21-15-7-5-12(10-19)6-8-15/h2-9,11H,1H3,(H,20,21). The first kappa shape index (κ1) is 15.3. The zero-order valence-electron chi connectivity index (χ0n) is 12.8. The van der Waals surface area contributed by atoms with Crippen LogP contribution in [0.4, 0.5) is 11.7 Å². The van der Waals surface area contributed by atoms with Gasteiger partial charge >= 0.3 is 5.97 Å². The van der Waals surface area contributed by atoms with Gasteiger partial charge in [-0.3, -0.25) is 0 Å². The van der Waals surface area contributed by atoms with Gasteiger partial charge in [-0.2, -0.15) is 5.26 Å². The van der Waals surface area contributed by atoms with Crippen LogP contribution in [0.2, 0.25) is 0 Å². The van der Waals surface area contributed by atoms with Gasteiger partial charge in [0.2, 0.25) is 0 Å². The van der Waals surface area contributed by atoms with Gasteiger partial charge in [-0.25, -0.2) is 9.78 Å². The first-order valence-corrected chi connectivity index (χ1v) is 7.11. The van der Waals surface area contributed by atoms with Crippen molar-refractivity contribution in [2.75, 3.05) is 12.4 Å². The molecule has 0 amide bonds. The van der Waals surface area contributed by atoms with E-state index in [0.29, 0.717) is 22.9 Å². The number of methoxy groups -OCH3 is 1. The number of esters is 1. The largest absolute Gasteiger partial charge is 0.465 e. The predicted octanol–water partition coefficient (Wildman–Crippen LogP) is 3.74. The number of carbonyl (C=O) groups excluding carboxylic acids is 1. The Hall–Kier alpha value is -3.59. The van der Waals surface area contributed by atoms with Crippen LogP contribution in [0.25, 0.3) is 11.3 Å². The molecule has 6 heteroatoms. The van der Waals surface area contributed by atoms with Crippen molar-refractivity contribution in [3.8, 4) is 17.4 Å². The summed E-state index contributed by atoms with van der Waals surface area (Å²) in [6, 6.07) is 16.2. The average Bonchev–Trinajstić information content (AvgIpc) is 3.10. The highest BCUT2D eigenvalue weighted by Crippen LogP contribution is 2.25. The zero-order chi connectivity index (χ0) is 16.9. The number of oxazole rings is 1. The fourth-order valence-corrected chi connectivity index (χ4v) is 2.13. The number of hydrogen-bond acceptors (Lipinski definition) is 6. The molecule has 118 valence electrons. The van der Waals surface area contributed by atoms with Crippen molar-refractivity contribution in [2.45, 2.75) is 0 Å². The smallest absolute Gasteiger partial charge is 0.337 e. The summed E-state index contributed by atoms with van der Waals surface area (Å²) < 4.78 is 10.4. The van der Waals surface area contributed by atoms with E-state index < -0.39 is 5.97 Å². The summed E-state index contributed by atoms with van der Waals surface area (Å²) in [7, 11) is 1.34. The van der Waals surface area contributed by atoms with Gasteiger partial charge in [-0.1, -0.05) is 12.1 Å². The van der Waals surface area contributed by atoms with Crippen molar-refractivity contribution >= 4 is 17.7 Å². The van der Waals surface area contributed by atoms with Gasteiger partial charge in [0, 0.05) is 11.3 Å². The van der Waals surface area contributed by atoms with Gasteiger partial charge in [-0.15, -0.1) is 0 Å². The molecule has 1 heterocycles. The predicted molar refractivity (Wildman–Crippen MR) is 87.7 cm³/mol. The maximum Gasteiger partial charge on any atom is 0.337 e. The van der Waals surface area contributed by atoms with Gasteiger partial charge in [0.1, 0.15) is 0 Å². The first-order valence-electron chi connectivity index (χ1n) is 7.11. The number of benzene rings is 2. The van der Waals surface area contributed by atoms with Crippen LogP contribution in [-0.4, -0.2) is 18.1 Å².